The van der Waals surface area contributed by atoms with Gasteiger partial charge in [0.1, 0.15) is 0 Å². The van der Waals surface area contributed by atoms with Crippen molar-refractivity contribution in [1.29, 1.82) is 0 Å². The first-order valence-electron chi connectivity index (χ1n) is 6.39. The Bertz CT molecular complexity index is 525. The molecule has 19 heavy (non-hydrogen) atoms. The van der Waals surface area contributed by atoms with Crippen molar-refractivity contribution in [2.45, 2.75) is 18.9 Å². The zero-order valence-electron chi connectivity index (χ0n) is 10.6. The Morgan fingerprint density at radius 2 is 2.21 bits per heavy atom. The van der Waals surface area contributed by atoms with E-state index in [0.717, 1.165) is 12.8 Å². The summed E-state index contributed by atoms with van der Waals surface area (Å²) in [6, 6.07) is 1.41. The van der Waals surface area contributed by atoms with E-state index in [2.05, 4.69) is 4.98 Å². The first kappa shape index (κ1) is 12.7. The topological polar surface area (TPSA) is 36.4 Å². The molecule has 1 amide bonds. The number of aromatic nitrogens is 1. The number of halogens is 2. The predicted molar refractivity (Wildman–Crippen MR) is 70.7 cm³/mol. The molecular formula is C13H15ClFN3O. The molecule has 0 unspecified atom stereocenters. The van der Waals surface area contributed by atoms with Gasteiger partial charge in [-0.1, -0.05) is 11.6 Å². The highest BCUT2D eigenvalue weighted by Crippen LogP contribution is 2.31. The number of likely N-dealkylation sites (N-methyl/N-ethyl adjacent to an activating group) is 1. The fourth-order valence-electron chi connectivity index (χ4n) is 2.97. The SMILES string of the molecule is CN1C(=O)[C@H]2CC[C@@H]1CN(c1ncc(Cl)cc1F)C2. The molecule has 0 radical (unpaired) electrons. The maximum absolute atomic E-state index is 13.9. The number of nitrogens with zero attached hydrogens (tertiary/aromatic N) is 3. The average Bonchev–Trinajstić information content (AvgIpc) is 2.64. The summed E-state index contributed by atoms with van der Waals surface area (Å²) in [4.78, 5) is 19.8. The maximum atomic E-state index is 13.9. The van der Waals surface area contributed by atoms with Crippen molar-refractivity contribution >= 4 is 23.3 Å². The molecule has 4 rings (SSSR count). The highest BCUT2D eigenvalue weighted by molar-refractivity contribution is 6.30. The summed E-state index contributed by atoms with van der Waals surface area (Å²) in [5.74, 6) is -0.0259. The zero-order valence-corrected chi connectivity index (χ0v) is 11.4. The van der Waals surface area contributed by atoms with Gasteiger partial charge in [-0.3, -0.25) is 4.79 Å². The molecule has 4 nitrogen and oxygen atoms in total. The molecule has 0 N–H and O–H groups in total. The number of rotatable bonds is 1. The molecule has 3 saturated heterocycles. The van der Waals surface area contributed by atoms with Crippen molar-refractivity contribution in [3.8, 4) is 0 Å². The second-order valence-electron chi connectivity index (χ2n) is 5.24. The summed E-state index contributed by atoms with van der Waals surface area (Å²) in [6.45, 7) is 1.16. The molecule has 0 aliphatic carbocycles. The van der Waals surface area contributed by atoms with Crippen LogP contribution in [0.25, 0.3) is 0 Å². The Labute approximate surface area is 116 Å². The molecule has 6 heteroatoms. The van der Waals surface area contributed by atoms with Crippen molar-refractivity contribution in [3.63, 3.8) is 0 Å². The Morgan fingerprint density at radius 1 is 1.42 bits per heavy atom. The molecule has 1 aromatic rings. The largest absolute Gasteiger partial charge is 0.351 e. The van der Waals surface area contributed by atoms with Crippen LogP contribution < -0.4 is 4.90 Å². The van der Waals surface area contributed by atoms with Crippen LogP contribution in [0.2, 0.25) is 5.02 Å². The fourth-order valence-corrected chi connectivity index (χ4v) is 3.11. The minimum atomic E-state index is -0.427. The van der Waals surface area contributed by atoms with Gasteiger partial charge < -0.3 is 9.80 Å². The molecule has 1 aromatic heterocycles. The molecule has 3 aliphatic rings. The van der Waals surface area contributed by atoms with Crippen molar-refractivity contribution < 1.29 is 9.18 Å². The van der Waals surface area contributed by atoms with Crippen LogP contribution in [0, 0.1) is 11.7 Å². The lowest BCUT2D eigenvalue weighted by Gasteiger charge is -2.32. The van der Waals surface area contributed by atoms with Crippen LogP contribution in [-0.2, 0) is 4.79 Å². The third-order valence-corrected chi connectivity index (χ3v) is 4.26. The van der Waals surface area contributed by atoms with E-state index in [1.165, 1.54) is 12.3 Å². The number of fused-ring (bicyclic) bond motifs is 4. The maximum Gasteiger partial charge on any atom is 0.227 e. The minimum Gasteiger partial charge on any atom is -0.351 e. The molecule has 2 atom stereocenters. The summed E-state index contributed by atoms with van der Waals surface area (Å²) in [5, 5.41) is 0.284. The van der Waals surface area contributed by atoms with Crippen molar-refractivity contribution in [2.75, 3.05) is 25.0 Å². The minimum absolute atomic E-state index is 0.0550. The smallest absolute Gasteiger partial charge is 0.227 e. The number of carbonyl (C=O) groups is 1. The Hall–Kier alpha value is -1.36. The van der Waals surface area contributed by atoms with E-state index in [1.54, 1.807) is 4.90 Å². The van der Waals surface area contributed by atoms with Gasteiger partial charge in [-0.25, -0.2) is 9.37 Å². The van der Waals surface area contributed by atoms with Gasteiger partial charge in [0.05, 0.1) is 10.9 Å². The summed E-state index contributed by atoms with van der Waals surface area (Å²) in [5.41, 5.74) is 0. The van der Waals surface area contributed by atoms with E-state index in [-0.39, 0.29) is 22.9 Å². The third-order valence-electron chi connectivity index (χ3n) is 4.05. The number of amides is 1. The first-order valence-corrected chi connectivity index (χ1v) is 6.76. The Kier molecular flexibility index (Phi) is 3.09. The van der Waals surface area contributed by atoms with E-state index >= 15 is 0 Å². The standard InChI is InChI=1S/C13H15ClFN3O/c1-17-10-3-2-8(13(17)19)6-18(7-10)12-11(15)4-9(14)5-16-12/h4-5,8,10H,2-3,6-7H2,1H3/t8-,10+/m0/s1. The first-order chi connectivity index (χ1) is 9.06. The van der Waals surface area contributed by atoms with Gasteiger partial charge in [-0.2, -0.15) is 0 Å². The number of pyridine rings is 1. The number of piperidine rings is 1. The van der Waals surface area contributed by atoms with Crippen LogP contribution >= 0.6 is 11.6 Å². The van der Waals surface area contributed by atoms with Crippen molar-refractivity contribution in [1.82, 2.24) is 9.88 Å². The average molecular weight is 284 g/mol. The molecule has 4 heterocycles. The van der Waals surface area contributed by atoms with Crippen molar-refractivity contribution in [3.05, 3.63) is 23.1 Å². The number of hydrogen-bond acceptors (Lipinski definition) is 3. The van der Waals surface area contributed by atoms with E-state index in [1.807, 2.05) is 11.9 Å². The van der Waals surface area contributed by atoms with Gasteiger partial charge in [0, 0.05) is 32.4 Å². The second-order valence-corrected chi connectivity index (χ2v) is 5.68. The normalized spacial score (nSPS) is 26.8. The third kappa shape index (κ3) is 2.16. The summed E-state index contributed by atoms with van der Waals surface area (Å²) < 4.78 is 13.9. The monoisotopic (exact) mass is 283 g/mol. The zero-order chi connectivity index (χ0) is 13.6. The summed E-state index contributed by atoms with van der Waals surface area (Å²) in [7, 11) is 1.83. The summed E-state index contributed by atoms with van der Waals surface area (Å²) >= 11 is 5.72. The highest BCUT2D eigenvalue weighted by Gasteiger charge is 2.39. The quantitative estimate of drug-likeness (QED) is 0.790. The van der Waals surface area contributed by atoms with E-state index in [0.29, 0.717) is 18.9 Å². The molecular weight excluding hydrogens is 269 g/mol. The molecule has 0 spiro atoms. The molecule has 3 fully saturated rings. The highest BCUT2D eigenvalue weighted by atomic mass is 35.5. The van der Waals surface area contributed by atoms with E-state index in [9.17, 15) is 9.18 Å². The molecule has 3 aliphatic heterocycles. The van der Waals surface area contributed by atoms with Gasteiger partial charge >= 0.3 is 0 Å². The van der Waals surface area contributed by atoms with E-state index < -0.39 is 5.82 Å². The Morgan fingerprint density at radius 3 is 2.95 bits per heavy atom. The van der Waals surface area contributed by atoms with Gasteiger partial charge in [0.15, 0.2) is 11.6 Å². The second kappa shape index (κ2) is 4.63. The van der Waals surface area contributed by atoms with Gasteiger partial charge in [0.25, 0.3) is 0 Å². The lowest BCUT2D eigenvalue weighted by molar-refractivity contribution is -0.138. The number of anilines is 1. The molecule has 2 bridgehead atoms. The van der Waals surface area contributed by atoms with Gasteiger partial charge in [0.2, 0.25) is 5.91 Å². The lowest BCUT2D eigenvalue weighted by Crippen LogP contribution is -2.45. The van der Waals surface area contributed by atoms with Crippen LogP contribution in [0.3, 0.4) is 0 Å². The molecule has 0 aromatic carbocycles. The molecule has 102 valence electrons. The predicted octanol–water partition coefficient (Wildman–Crippen LogP) is 1.93. The summed E-state index contributed by atoms with van der Waals surface area (Å²) in [6.07, 6.45) is 3.29. The van der Waals surface area contributed by atoms with Crippen LogP contribution in [0.1, 0.15) is 12.8 Å². The number of carbonyl (C=O) groups excluding carboxylic acids is 1. The number of hydrogen-bond donors (Lipinski definition) is 0. The molecule has 0 saturated carbocycles. The van der Waals surface area contributed by atoms with E-state index in [4.69, 9.17) is 11.6 Å². The van der Waals surface area contributed by atoms with Crippen LogP contribution in [-0.4, -0.2) is 42.0 Å². The van der Waals surface area contributed by atoms with Crippen molar-refractivity contribution in [2.24, 2.45) is 5.92 Å². The van der Waals surface area contributed by atoms with Crippen LogP contribution in [0.15, 0.2) is 12.3 Å². The van der Waals surface area contributed by atoms with Crippen LogP contribution in [0.4, 0.5) is 10.2 Å². The van der Waals surface area contributed by atoms with Crippen LogP contribution in [0.5, 0.6) is 0 Å². The van der Waals surface area contributed by atoms with Gasteiger partial charge in [-0.05, 0) is 18.9 Å². The lowest BCUT2D eigenvalue weighted by atomic mass is 9.95. The van der Waals surface area contributed by atoms with Gasteiger partial charge in [-0.15, -0.1) is 0 Å². The fraction of sp³-hybridized carbons (Fsp3) is 0.538. The Balaban J connectivity index is 1.92.